The topological polar surface area (TPSA) is 118 Å². The molecule has 1 aromatic heterocycles. The minimum atomic E-state index is -0.375. The number of pyridine rings is 1. The van der Waals surface area contributed by atoms with Gasteiger partial charge in [-0.25, -0.2) is 9.78 Å². The van der Waals surface area contributed by atoms with E-state index in [0.717, 1.165) is 28.7 Å². The Morgan fingerprint density at radius 1 is 1.08 bits per heavy atom. The fraction of sp³-hybridized carbons (Fsp3) is 0.300. The monoisotopic (exact) mass is 550 g/mol. The number of carbonyl (C=O) groups is 2. The minimum absolute atomic E-state index is 0.128. The number of aromatic nitrogens is 1. The van der Waals surface area contributed by atoms with Crippen LogP contribution >= 0.6 is 11.6 Å². The number of hydrogen-bond acceptors (Lipinski definition) is 5. The third-order valence-corrected chi connectivity index (χ3v) is 6.18. The second-order valence-electron chi connectivity index (χ2n) is 8.51. The van der Waals surface area contributed by atoms with Gasteiger partial charge in [-0.05, 0) is 43.2 Å². The highest BCUT2D eigenvalue weighted by Crippen LogP contribution is 2.30. The van der Waals surface area contributed by atoms with E-state index in [1.807, 2.05) is 69.3 Å². The number of halogens is 1. The number of nitrogen functional groups attached to an aromatic ring is 1. The van der Waals surface area contributed by atoms with Crippen LogP contribution in [0.2, 0.25) is 5.02 Å². The zero-order valence-corrected chi connectivity index (χ0v) is 23.7. The number of urea groups is 1. The summed E-state index contributed by atoms with van der Waals surface area (Å²) in [5, 5.41) is 4.45. The van der Waals surface area contributed by atoms with Crippen molar-refractivity contribution in [1.29, 1.82) is 0 Å². The van der Waals surface area contributed by atoms with Crippen molar-refractivity contribution in [2.75, 3.05) is 42.1 Å². The smallest absolute Gasteiger partial charge is 0.314 e. The van der Waals surface area contributed by atoms with E-state index < -0.39 is 0 Å². The van der Waals surface area contributed by atoms with Crippen LogP contribution in [0.25, 0.3) is 10.9 Å². The van der Waals surface area contributed by atoms with Gasteiger partial charge in [-0.3, -0.25) is 4.79 Å². The van der Waals surface area contributed by atoms with E-state index in [0.29, 0.717) is 43.4 Å². The maximum atomic E-state index is 11.2. The molecule has 0 aliphatic carbocycles. The highest BCUT2D eigenvalue weighted by atomic mass is 35.5. The molecule has 39 heavy (non-hydrogen) atoms. The fourth-order valence-electron chi connectivity index (χ4n) is 4.09. The Hall–Kier alpha value is -4.04. The molecule has 5 rings (SSSR count). The van der Waals surface area contributed by atoms with Gasteiger partial charge in [0.1, 0.15) is 5.82 Å². The summed E-state index contributed by atoms with van der Waals surface area (Å²) in [6.45, 7) is 12.1. The van der Waals surface area contributed by atoms with Crippen molar-refractivity contribution >= 4 is 51.6 Å². The van der Waals surface area contributed by atoms with Gasteiger partial charge in [-0.1, -0.05) is 68.5 Å². The van der Waals surface area contributed by atoms with Crippen molar-refractivity contribution in [2.45, 2.75) is 33.6 Å². The number of rotatable bonds is 2. The Kier molecular flexibility index (Phi) is 12.8. The van der Waals surface area contributed by atoms with Gasteiger partial charge in [-0.15, -0.1) is 0 Å². The van der Waals surface area contributed by atoms with Gasteiger partial charge in [0, 0.05) is 60.4 Å². The Morgan fingerprint density at radius 2 is 1.77 bits per heavy atom. The van der Waals surface area contributed by atoms with Gasteiger partial charge in [0.05, 0.1) is 5.52 Å². The summed E-state index contributed by atoms with van der Waals surface area (Å²) in [6.07, 6.45) is 7.08. The highest BCUT2D eigenvalue weighted by molar-refractivity contribution is 6.31. The molecule has 1 saturated heterocycles. The molecule has 8 nitrogen and oxygen atoms in total. The van der Waals surface area contributed by atoms with Gasteiger partial charge in [0.25, 0.3) is 0 Å². The summed E-state index contributed by atoms with van der Waals surface area (Å²) >= 11 is 6.01. The molecule has 3 aromatic rings. The van der Waals surface area contributed by atoms with Crippen molar-refractivity contribution in [2.24, 2.45) is 5.73 Å². The molecule has 2 aliphatic heterocycles. The molecule has 2 aromatic carbocycles. The summed E-state index contributed by atoms with van der Waals surface area (Å²) in [7, 11) is 0. The predicted octanol–water partition coefficient (Wildman–Crippen LogP) is 6.02. The number of anilines is 3. The molecule has 0 bridgehead atoms. The van der Waals surface area contributed by atoms with Crippen molar-refractivity contribution in [3.05, 3.63) is 83.9 Å². The number of piperazine rings is 1. The van der Waals surface area contributed by atoms with Crippen LogP contribution < -0.4 is 21.7 Å². The van der Waals surface area contributed by atoms with Crippen LogP contribution in [0, 0.1) is 0 Å². The second-order valence-corrected chi connectivity index (χ2v) is 8.94. The maximum absolute atomic E-state index is 11.2. The van der Waals surface area contributed by atoms with Crippen molar-refractivity contribution in [1.82, 2.24) is 9.88 Å². The molecule has 0 unspecified atom stereocenters. The molecule has 0 spiro atoms. The van der Waals surface area contributed by atoms with E-state index in [-0.39, 0.29) is 11.9 Å². The molecule has 0 atom stereocenters. The van der Waals surface area contributed by atoms with Crippen LogP contribution in [0.1, 0.15) is 32.8 Å². The minimum Gasteiger partial charge on any atom is -0.384 e. The van der Waals surface area contributed by atoms with E-state index in [4.69, 9.17) is 23.1 Å². The number of carbonyl (C=O) groups excluding carboxylic acids is 2. The lowest BCUT2D eigenvalue weighted by molar-refractivity contribution is -0.116. The Bertz CT molecular complexity index is 1280. The maximum Gasteiger partial charge on any atom is 0.314 e. The number of aryl methyl sites for hydroxylation is 1. The first-order chi connectivity index (χ1) is 18.8. The number of nitrogens with zero attached hydrogens (tertiary/aromatic N) is 3. The van der Waals surface area contributed by atoms with E-state index in [9.17, 15) is 9.59 Å². The number of para-hydroxylation sites is 1. The van der Waals surface area contributed by atoms with E-state index in [1.54, 1.807) is 17.0 Å². The molecule has 5 N–H and O–H groups in total. The van der Waals surface area contributed by atoms with Gasteiger partial charge in [0.2, 0.25) is 5.91 Å². The van der Waals surface area contributed by atoms with Gasteiger partial charge in [-0.2, -0.15) is 0 Å². The van der Waals surface area contributed by atoms with Crippen LogP contribution in [0.15, 0.2) is 73.3 Å². The van der Waals surface area contributed by atoms with Crippen molar-refractivity contribution < 1.29 is 9.59 Å². The van der Waals surface area contributed by atoms with Gasteiger partial charge < -0.3 is 26.6 Å². The third kappa shape index (κ3) is 9.33. The van der Waals surface area contributed by atoms with Crippen molar-refractivity contribution in [3.63, 3.8) is 0 Å². The molecule has 208 valence electrons. The summed E-state index contributed by atoms with van der Waals surface area (Å²) in [4.78, 5) is 30.2. The molecule has 1 fully saturated rings. The second kappa shape index (κ2) is 16.0. The quantitative estimate of drug-likeness (QED) is 0.337. The molecule has 0 saturated carbocycles. The van der Waals surface area contributed by atoms with Crippen LogP contribution in [-0.2, 0) is 11.2 Å². The van der Waals surface area contributed by atoms with Crippen LogP contribution in [-0.4, -0.2) is 48.0 Å². The lowest BCUT2D eigenvalue weighted by Gasteiger charge is -2.35. The number of benzene rings is 2. The average molecular weight is 551 g/mol. The molecular weight excluding hydrogens is 512 g/mol. The number of nitrogens with one attached hydrogen (secondary N) is 1. The molecule has 2 aliphatic rings. The van der Waals surface area contributed by atoms with Crippen LogP contribution in [0.3, 0.4) is 0 Å². The van der Waals surface area contributed by atoms with E-state index in [1.165, 1.54) is 5.56 Å². The van der Waals surface area contributed by atoms with Gasteiger partial charge >= 0.3 is 6.03 Å². The molecule has 3 amide bonds. The lowest BCUT2D eigenvalue weighted by Crippen LogP contribution is -2.50. The zero-order chi connectivity index (χ0) is 28.8. The molecule has 3 heterocycles. The molecule has 0 radical (unpaired) electrons. The SMILES string of the molecule is C=C/C=C\C.CC.NC(=O)N1CCN(c2cc(N)nc3cc(Cl)ccc23)CC1.O=C1CCc2ccccc2N1. The zero-order valence-electron chi connectivity index (χ0n) is 23.0. The molecular formula is C30H39ClN6O2. The average Bonchev–Trinajstić information content (AvgIpc) is 2.94. The number of hydrogen-bond donors (Lipinski definition) is 3. The summed E-state index contributed by atoms with van der Waals surface area (Å²) in [6, 6.07) is 15.0. The van der Waals surface area contributed by atoms with Crippen LogP contribution in [0.4, 0.5) is 22.0 Å². The largest absolute Gasteiger partial charge is 0.384 e. The van der Waals surface area contributed by atoms with E-state index >= 15 is 0 Å². The highest BCUT2D eigenvalue weighted by Gasteiger charge is 2.21. The predicted molar refractivity (Wildman–Crippen MR) is 164 cm³/mol. The first-order valence-electron chi connectivity index (χ1n) is 13.1. The Morgan fingerprint density at radius 3 is 2.38 bits per heavy atom. The normalized spacial score (nSPS) is 14.0. The number of amides is 3. The summed E-state index contributed by atoms with van der Waals surface area (Å²) in [5.41, 5.74) is 15.2. The number of allylic oxidation sites excluding steroid dienone is 3. The number of fused-ring (bicyclic) bond motifs is 2. The fourth-order valence-corrected chi connectivity index (χ4v) is 4.26. The lowest BCUT2D eigenvalue weighted by atomic mass is 10.0. The van der Waals surface area contributed by atoms with E-state index in [2.05, 4.69) is 27.8 Å². The Labute approximate surface area is 236 Å². The first kappa shape index (κ1) is 31.2. The molecule has 9 heteroatoms. The standard InChI is InChI=1S/C14H16ClN5O.C9H9NO.C5H8.C2H6/c15-9-1-2-10-11(7-9)18-13(16)8-12(10)19-3-5-20(6-4-19)14(17)21;11-9-6-5-7-3-1-2-4-8(7)10-9;1-3-5-4-2;1-2/h1-2,7-8H,3-6H2,(H2,16,18)(H2,17,21);1-4H,5-6H2,(H,10,11);3-5H,1H2,2H3;1-2H3/b;;5-4-;. The van der Waals surface area contributed by atoms with Crippen LogP contribution in [0.5, 0.6) is 0 Å². The third-order valence-electron chi connectivity index (χ3n) is 5.94. The first-order valence-corrected chi connectivity index (χ1v) is 13.5. The Balaban J connectivity index is 0.000000247. The number of nitrogens with two attached hydrogens (primary N) is 2. The summed E-state index contributed by atoms with van der Waals surface area (Å²) in [5.74, 6) is 0.584. The van der Waals surface area contributed by atoms with Gasteiger partial charge in [0.15, 0.2) is 0 Å². The van der Waals surface area contributed by atoms with Crippen molar-refractivity contribution in [3.8, 4) is 0 Å². The number of primary amides is 1. The summed E-state index contributed by atoms with van der Waals surface area (Å²) < 4.78 is 0.